The van der Waals surface area contributed by atoms with Crippen molar-refractivity contribution in [3.63, 3.8) is 0 Å². The predicted octanol–water partition coefficient (Wildman–Crippen LogP) is -0.930. The second-order valence-electron chi connectivity index (χ2n) is 5.17. The number of hydrogen-bond acceptors (Lipinski definition) is 5. The maximum Gasteiger partial charge on any atom is 1.00 e. The van der Waals surface area contributed by atoms with Crippen molar-refractivity contribution < 1.29 is 57.2 Å². The molecule has 2 aromatic carbocycles. The maximum atomic E-state index is 12.0. The van der Waals surface area contributed by atoms with E-state index < -0.39 is 31.2 Å². The fraction of sp³-hybridized carbons (Fsp3) is 0.125. The number of sulfonamides is 1. The van der Waals surface area contributed by atoms with Crippen molar-refractivity contribution in [1.82, 2.24) is 0 Å². The van der Waals surface area contributed by atoms with Gasteiger partial charge in [-0.1, -0.05) is 42.5 Å². The van der Waals surface area contributed by atoms with Gasteiger partial charge in [-0.05, 0) is 24.6 Å². The van der Waals surface area contributed by atoms with Gasteiger partial charge in [-0.3, -0.25) is 9.35 Å². The molecule has 0 bridgehead atoms. The molecule has 0 saturated carbocycles. The predicted molar refractivity (Wildman–Crippen MR) is 94.1 cm³/mol. The number of carbonyl (C=O) groups excluding carboxylic acids is 1. The average Bonchev–Trinajstić information content (AvgIpc) is 2.59. The van der Waals surface area contributed by atoms with E-state index in [0.29, 0.717) is 5.56 Å². The van der Waals surface area contributed by atoms with Crippen LogP contribution in [0.15, 0.2) is 63.9 Å². The molecule has 0 saturated heterocycles. The van der Waals surface area contributed by atoms with Crippen LogP contribution in [0, 0.1) is 0 Å². The van der Waals surface area contributed by atoms with Crippen molar-refractivity contribution in [3.8, 4) is 0 Å². The SMILES string of the molecule is CC(C(=O)c1ccc(C=NS(=O)(=O)c2ccccc2)cc1)S(=O)(=O)O.[H-].[Na+]. The van der Waals surface area contributed by atoms with Crippen molar-refractivity contribution in [2.24, 2.45) is 4.40 Å². The first-order chi connectivity index (χ1) is 11.6. The number of benzene rings is 2. The molecular formula is C16H16NNaO6S2. The fourth-order valence-electron chi connectivity index (χ4n) is 1.89. The molecule has 1 N–H and O–H groups in total. The van der Waals surface area contributed by atoms with Crippen LogP contribution in [-0.2, 0) is 20.1 Å². The molecule has 10 heteroatoms. The number of Topliss-reactive ketones (excluding diaryl/α,β-unsaturated/α-hetero) is 1. The molecule has 1 atom stereocenters. The van der Waals surface area contributed by atoms with E-state index >= 15 is 0 Å². The summed E-state index contributed by atoms with van der Waals surface area (Å²) < 4.78 is 58.6. The van der Waals surface area contributed by atoms with Gasteiger partial charge in [-0.25, -0.2) is 0 Å². The summed E-state index contributed by atoms with van der Waals surface area (Å²) in [5, 5.41) is -1.58. The van der Waals surface area contributed by atoms with E-state index in [0.717, 1.165) is 13.1 Å². The van der Waals surface area contributed by atoms with Crippen LogP contribution in [-0.4, -0.2) is 38.6 Å². The van der Waals surface area contributed by atoms with Gasteiger partial charge in [-0.15, -0.1) is 0 Å². The Hall–Kier alpha value is -1.36. The van der Waals surface area contributed by atoms with Gasteiger partial charge < -0.3 is 1.43 Å². The number of ketones is 1. The number of carbonyl (C=O) groups is 1. The van der Waals surface area contributed by atoms with Crippen LogP contribution in [0.25, 0.3) is 0 Å². The standard InChI is InChI=1S/C16H15NO6S2.Na.H/c1-12(25(21,22)23)16(18)14-9-7-13(8-10-14)11-17-24(19,20)15-5-3-2-4-6-15;;/h2-12H,1H3,(H,21,22,23);;/q;+1;-1. The van der Waals surface area contributed by atoms with Crippen LogP contribution in [0.5, 0.6) is 0 Å². The Bertz CT molecular complexity index is 1010. The molecule has 0 fully saturated rings. The maximum absolute atomic E-state index is 12.0. The van der Waals surface area contributed by atoms with Gasteiger partial charge in [-0.2, -0.15) is 21.2 Å². The third kappa shape index (κ3) is 5.83. The van der Waals surface area contributed by atoms with E-state index in [1.807, 2.05) is 0 Å². The van der Waals surface area contributed by atoms with Crippen molar-refractivity contribution in [2.75, 3.05) is 0 Å². The molecule has 0 aliphatic carbocycles. The molecule has 0 spiro atoms. The van der Waals surface area contributed by atoms with Gasteiger partial charge in [0.05, 0.1) is 4.90 Å². The van der Waals surface area contributed by atoms with Gasteiger partial charge in [0, 0.05) is 11.8 Å². The number of rotatable bonds is 6. The van der Waals surface area contributed by atoms with Crippen LogP contribution >= 0.6 is 0 Å². The van der Waals surface area contributed by atoms with Crippen LogP contribution in [0.2, 0.25) is 0 Å². The van der Waals surface area contributed by atoms with Gasteiger partial charge in [0.2, 0.25) is 0 Å². The molecule has 2 aromatic rings. The van der Waals surface area contributed by atoms with E-state index in [2.05, 4.69) is 4.40 Å². The first-order valence-corrected chi connectivity index (χ1v) is 10.0. The zero-order valence-corrected chi connectivity index (χ0v) is 17.7. The zero-order valence-electron chi connectivity index (χ0n) is 15.1. The topological polar surface area (TPSA) is 118 Å². The Labute approximate surface area is 175 Å². The second-order valence-corrected chi connectivity index (χ2v) is 8.54. The van der Waals surface area contributed by atoms with Crippen LogP contribution in [0.3, 0.4) is 0 Å². The Morgan fingerprint density at radius 2 is 1.58 bits per heavy atom. The van der Waals surface area contributed by atoms with Crippen LogP contribution < -0.4 is 29.6 Å². The van der Waals surface area contributed by atoms with E-state index in [9.17, 15) is 21.6 Å². The van der Waals surface area contributed by atoms with Crippen molar-refractivity contribution in [1.29, 1.82) is 0 Å². The number of nitrogens with zero attached hydrogens (tertiary/aromatic N) is 1. The Morgan fingerprint density at radius 3 is 2.08 bits per heavy atom. The largest absolute Gasteiger partial charge is 1.00 e. The minimum Gasteiger partial charge on any atom is -1.00 e. The van der Waals surface area contributed by atoms with Crippen molar-refractivity contribution in [3.05, 3.63) is 65.7 Å². The van der Waals surface area contributed by atoms with Crippen molar-refractivity contribution in [2.45, 2.75) is 17.1 Å². The zero-order chi connectivity index (χ0) is 18.7. The molecule has 1 unspecified atom stereocenters. The van der Waals surface area contributed by atoms with Gasteiger partial charge >= 0.3 is 29.6 Å². The molecular weight excluding hydrogens is 389 g/mol. The minimum atomic E-state index is -4.48. The van der Waals surface area contributed by atoms with E-state index in [1.165, 1.54) is 36.4 Å². The molecule has 0 aliphatic heterocycles. The molecule has 0 amide bonds. The quantitative estimate of drug-likeness (QED) is 0.287. The molecule has 0 aromatic heterocycles. The summed E-state index contributed by atoms with van der Waals surface area (Å²) in [4.78, 5) is 12.0. The summed E-state index contributed by atoms with van der Waals surface area (Å²) in [6.45, 7) is 1.08. The fourth-order valence-corrected chi connectivity index (χ4v) is 3.18. The van der Waals surface area contributed by atoms with Crippen molar-refractivity contribution >= 4 is 32.1 Å². The Morgan fingerprint density at radius 1 is 1.04 bits per heavy atom. The monoisotopic (exact) mass is 405 g/mol. The first kappa shape index (κ1) is 22.7. The van der Waals surface area contributed by atoms with Crippen LogP contribution in [0.4, 0.5) is 0 Å². The summed E-state index contributed by atoms with van der Waals surface area (Å²) in [5.41, 5.74) is 0.490. The van der Waals surface area contributed by atoms with Gasteiger partial charge in [0.15, 0.2) is 5.78 Å². The van der Waals surface area contributed by atoms with E-state index in [-0.39, 0.29) is 41.4 Å². The molecule has 0 heterocycles. The van der Waals surface area contributed by atoms with E-state index in [1.54, 1.807) is 18.2 Å². The number of hydrogen-bond donors (Lipinski definition) is 1. The normalized spacial score (nSPS) is 13.2. The summed E-state index contributed by atoms with van der Waals surface area (Å²) in [6.07, 6.45) is 1.13. The molecule has 0 radical (unpaired) electrons. The average molecular weight is 405 g/mol. The third-order valence-corrected chi connectivity index (χ3v) is 5.75. The Balaban J connectivity index is 0.00000338. The van der Waals surface area contributed by atoms with Gasteiger partial charge in [0.25, 0.3) is 20.1 Å². The second kappa shape index (κ2) is 9.03. The molecule has 2 rings (SSSR count). The molecule has 7 nitrogen and oxygen atoms in total. The summed E-state index contributed by atoms with van der Waals surface area (Å²) in [7, 11) is -8.30. The minimum absolute atomic E-state index is 0. The molecule has 26 heavy (non-hydrogen) atoms. The molecule has 0 aliphatic rings. The summed E-state index contributed by atoms with van der Waals surface area (Å²) in [5.74, 6) is -0.761. The van der Waals surface area contributed by atoms with Crippen LogP contribution in [0.1, 0.15) is 24.3 Å². The summed E-state index contributed by atoms with van der Waals surface area (Å²) in [6, 6.07) is 13.2. The summed E-state index contributed by atoms with van der Waals surface area (Å²) >= 11 is 0. The van der Waals surface area contributed by atoms with Gasteiger partial charge in [0.1, 0.15) is 5.25 Å². The first-order valence-electron chi connectivity index (χ1n) is 7.07. The Kier molecular flexibility index (Phi) is 7.87. The molecule has 134 valence electrons. The van der Waals surface area contributed by atoms with E-state index in [4.69, 9.17) is 4.55 Å². The third-order valence-electron chi connectivity index (χ3n) is 3.39. The smallest absolute Gasteiger partial charge is 1.00 e.